The van der Waals surface area contributed by atoms with Crippen molar-refractivity contribution < 1.29 is 4.79 Å². The van der Waals surface area contributed by atoms with Gasteiger partial charge in [-0.15, -0.1) is 0 Å². The highest BCUT2D eigenvalue weighted by atomic mass is 32.2. The van der Waals surface area contributed by atoms with Crippen LogP contribution in [0.1, 0.15) is 12.8 Å². The molecule has 3 heteroatoms. The molecule has 0 radical (unpaired) electrons. The fraction of sp³-hybridized carbons (Fsp3) is 0.857. The molecule has 2 rings (SSSR count). The number of primary amides is 1. The minimum Gasteiger partial charge on any atom is -0.369 e. The highest BCUT2D eigenvalue weighted by Crippen LogP contribution is 2.55. The van der Waals surface area contributed by atoms with Crippen molar-refractivity contribution in [1.82, 2.24) is 0 Å². The van der Waals surface area contributed by atoms with Crippen LogP contribution in [-0.2, 0) is 4.79 Å². The van der Waals surface area contributed by atoms with Gasteiger partial charge in [0, 0.05) is 5.92 Å². The molecular formula is C7H11NOS. The van der Waals surface area contributed by atoms with E-state index in [4.69, 9.17) is 5.73 Å². The molecule has 10 heavy (non-hydrogen) atoms. The van der Waals surface area contributed by atoms with Crippen LogP contribution in [0, 0.1) is 11.3 Å². The van der Waals surface area contributed by atoms with Crippen molar-refractivity contribution in [3.63, 3.8) is 0 Å². The van der Waals surface area contributed by atoms with E-state index in [1.165, 1.54) is 11.5 Å². The van der Waals surface area contributed by atoms with Crippen molar-refractivity contribution in [3.8, 4) is 0 Å². The third kappa shape index (κ3) is 0.764. The maximum absolute atomic E-state index is 10.6. The normalized spacial score (nSPS) is 29.2. The number of amides is 1. The van der Waals surface area contributed by atoms with Gasteiger partial charge in [0.25, 0.3) is 0 Å². The molecule has 0 aromatic carbocycles. The van der Waals surface area contributed by atoms with Crippen LogP contribution in [0.15, 0.2) is 0 Å². The van der Waals surface area contributed by atoms with Crippen LogP contribution in [0.3, 0.4) is 0 Å². The van der Waals surface area contributed by atoms with Gasteiger partial charge < -0.3 is 5.73 Å². The van der Waals surface area contributed by atoms with Gasteiger partial charge in [-0.05, 0) is 29.8 Å². The molecule has 1 saturated carbocycles. The van der Waals surface area contributed by atoms with Gasteiger partial charge in [0.15, 0.2) is 0 Å². The van der Waals surface area contributed by atoms with Gasteiger partial charge in [-0.1, -0.05) is 0 Å². The number of carbonyl (C=O) groups is 1. The Morgan fingerprint density at radius 2 is 2.10 bits per heavy atom. The summed E-state index contributed by atoms with van der Waals surface area (Å²) in [5.74, 6) is 2.64. The molecule has 0 aromatic heterocycles. The first-order valence-electron chi connectivity index (χ1n) is 3.59. The SMILES string of the molecule is NC(=O)C1CC2(CSC2)C1. The van der Waals surface area contributed by atoms with Crippen LogP contribution in [0.25, 0.3) is 0 Å². The molecule has 0 atom stereocenters. The lowest BCUT2D eigenvalue weighted by Crippen LogP contribution is -2.51. The van der Waals surface area contributed by atoms with E-state index < -0.39 is 0 Å². The summed E-state index contributed by atoms with van der Waals surface area (Å²) in [5.41, 5.74) is 5.71. The lowest BCUT2D eigenvalue weighted by atomic mass is 9.63. The minimum absolute atomic E-state index is 0.0949. The number of hydrogen-bond donors (Lipinski definition) is 1. The maximum atomic E-state index is 10.6. The van der Waals surface area contributed by atoms with E-state index in [1.807, 2.05) is 11.8 Å². The Labute approximate surface area is 64.5 Å². The third-order valence-electron chi connectivity index (χ3n) is 2.58. The van der Waals surface area contributed by atoms with Crippen molar-refractivity contribution >= 4 is 17.7 Å². The Bertz CT molecular complexity index is 168. The first kappa shape index (κ1) is 6.53. The Kier molecular flexibility index (Phi) is 1.24. The molecule has 0 aromatic rings. The first-order valence-corrected chi connectivity index (χ1v) is 4.74. The summed E-state index contributed by atoms with van der Waals surface area (Å²) in [6, 6.07) is 0. The van der Waals surface area contributed by atoms with Crippen LogP contribution in [0.5, 0.6) is 0 Å². The smallest absolute Gasteiger partial charge is 0.220 e. The predicted octanol–water partition coefficient (Wildman–Crippen LogP) is 0.615. The zero-order valence-electron chi connectivity index (χ0n) is 5.80. The van der Waals surface area contributed by atoms with E-state index >= 15 is 0 Å². The van der Waals surface area contributed by atoms with Crippen LogP contribution >= 0.6 is 11.8 Å². The fourth-order valence-corrected chi connectivity index (χ4v) is 3.07. The standard InChI is InChI=1S/C7H11NOS/c8-6(9)5-1-7(2-5)3-10-4-7/h5H,1-4H2,(H2,8,9). The van der Waals surface area contributed by atoms with Gasteiger partial charge in [0.1, 0.15) is 0 Å². The van der Waals surface area contributed by atoms with Crippen molar-refractivity contribution in [2.75, 3.05) is 11.5 Å². The first-order chi connectivity index (χ1) is 4.72. The van der Waals surface area contributed by atoms with Gasteiger partial charge in [-0.3, -0.25) is 4.79 Å². The van der Waals surface area contributed by atoms with Gasteiger partial charge in [-0.25, -0.2) is 0 Å². The Morgan fingerprint density at radius 1 is 1.50 bits per heavy atom. The number of carbonyl (C=O) groups excluding carboxylic acids is 1. The summed E-state index contributed by atoms with van der Waals surface area (Å²) in [4.78, 5) is 10.6. The topological polar surface area (TPSA) is 43.1 Å². The van der Waals surface area contributed by atoms with E-state index in [-0.39, 0.29) is 11.8 Å². The summed E-state index contributed by atoms with van der Waals surface area (Å²) in [6.45, 7) is 0. The monoisotopic (exact) mass is 157 g/mol. The molecule has 2 fully saturated rings. The molecule has 2 N–H and O–H groups in total. The van der Waals surface area contributed by atoms with Crippen LogP contribution < -0.4 is 5.73 Å². The van der Waals surface area contributed by atoms with Gasteiger partial charge in [0.05, 0.1) is 0 Å². The summed E-state index contributed by atoms with van der Waals surface area (Å²) in [5, 5.41) is 0. The number of nitrogens with two attached hydrogens (primary N) is 1. The van der Waals surface area contributed by atoms with Crippen LogP contribution in [-0.4, -0.2) is 17.4 Å². The molecule has 2 aliphatic rings. The highest BCUT2D eigenvalue weighted by molar-refractivity contribution is 8.00. The maximum Gasteiger partial charge on any atom is 0.220 e. The summed E-state index contributed by atoms with van der Waals surface area (Å²) in [6.07, 6.45) is 2.13. The van der Waals surface area contributed by atoms with E-state index in [1.54, 1.807) is 0 Å². The fourth-order valence-electron chi connectivity index (χ4n) is 1.81. The Morgan fingerprint density at radius 3 is 2.40 bits per heavy atom. The largest absolute Gasteiger partial charge is 0.369 e. The third-order valence-corrected chi connectivity index (χ3v) is 4.21. The van der Waals surface area contributed by atoms with Gasteiger partial charge in [0.2, 0.25) is 5.91 Å². The molecule has 1 aliphatic carbocycles. The number of hydrogen-bond acceptors (Lipinski definition) is 2. The van der Waals surface area contributed by atoms with Crippen molar-refractivity contribution in [2.24, 2.45) is 17.1 Å². The molecular weight excluding hydrogens is 146 g/mol. The zero-order valence-corrected chi connectivity index (χ0v) is 6.62. The zero-order chi connectivity index (χ0) is 7.19. The molecule has 1 saturated heterocycles. The van der Waals surface area contributed by atoms with E-state index in [9.17, 15) is 4.79 Å². The van der Waals surface area contributed by atoms with E-state index in [2.05, 4.69) is 0 Å². The van der Waals surface area contributed by atoms with E-state index in [0.29, 0.717) is 5.41 Å². The Hall–Kier alpha value is -0.180. The van der Waals surface area contributed by atoms with Crippen molar-refractivity contribution in [3.05, 3.63) is 0 Å². The Balaban J connectivity index is 1.88. The molecule has 1 heterocycles. The molecule has 56 valence electrons. The summed E-state index contributed by atoms with van der Waals surface area (Å²) < 4.78 is 0. The molecule has 1 spiro atoms. The average Bonchev–Trinajstić information content (AvgIpc) is 1.54. The quantitative estimate of drug-likeness (QED) is 0.606. The van der Waals surface area contributed by atoms with E-state index in [0.717, 1.165) is 12.8 Å². The van der Waals surface area contributed by atoms with Gasteiger partial charge in [-0.2, -0.15) is 11.8 Å². The van der Waals surface area contributed by atoms with Crippen LogP contribution in [0.2, 0.25) is 0 Å². The van der Waals surface area contributed by atoms with Crippen molar-refractivity contribution in [1.29, 1.82) is 0 Å². The average molecular weight is 157 g/mol. The second-order valence-corrected chi connectivity index (χ2v) is 4.49. The van der Waals surface area contributed by atoms with Crippen molar-refractivity contribution in [2.45, 2.75) is 12.8 Å². The number of rotatable bonds is 1. The van der Waals surface area contributed by atoms with Crippen LogP contribution in [0.4, 0.5) is 0 Å². The minimum atomic E-state index is -0.0949. The number of thioether (sulfide) groups is 1. The summed E-state index contributed by atoms with van der Waals surface area (Å²) >= 11 is 1.98. The lowest BCUT2D eigenvalue weighted by Gasteiger charge is -2.52. The lowest BCUT2D eigenvalue weighted by molar-refractivity contribution is -0.128. The molecule has 1 amide bonds. The molecule has 2 nitrogen and oxygen atoms in total. The summed E-state index contributed by atoms with van der Waals surface area (Å²) in [7, 11) is 0. The van der Waals surface area contributed by atoms with Gasteiger partial charge >= 0.3 is 0 Å². The predicted molar refractivity (Wildman–Crippen MR) is 41.7 cm³/mol. The molecule has 0 unspecified atom stereocenters. The second-order valence-electron chi connectivity index (χ2n) is 3.50. The highest BCUT2D eigenvalue weighted by Gasteiger charge is 2.50. The molecule has 1 aliphatic heterocycles. The second kappa shape index (κ2) is 1.91. The molecule has 0 bridgehead atoms.